The van der Waals surface area contributed by atoms with E-state index in [1.165, 1.54) is 43.4 Å². The third kappa shape index (κ3) is 4.70. The minimum Gasteiger partial charge on any atom is -0.365 e. The average Bonchev–Trinajstić information content (AvgIpc) is 3.82. The van der Waals surface area contributed by atoms with Crippen LogP contribution in [0.4, 0.5) is 0 Å². The molecule has 0 spiro atoms. The molecule has 3 aromatic heterocycles. The summed E-state index contributed by atoms with van der Waals surface area (Å²) in [5.74, 6) is 0.186. The van der Waals surface area contributed by atoms with Crippen molar-refractivity contribution < 1.29 is 4.79 Å². The number of fused-ring (bicyclic) bond motifs is 3. The molecule has 2 aliphatic heterocycles. The number of carbonyl (C=O) groups is 1. The number of nitrogens with zero attached hydrogens (tertiary/aromatic N) is 8. The first-order valence-electron chi connectivity index (χ1n) is 15.2. The van der Waals surface area contributed by atoms with Gasteiger partial charge in [-0.05, 0) is 63.1 Å². The smallest absolute Gasteiger partial charge is 0.219 e. The molecule has 0 aromatic carbocycles. The predicted molar refractivity (Wildman–Crippen MR) is 165 cm³/mol. The van der Waals surface area contributed by atoms with Crippen molar-refractivity contribution in [2.24, 2.45) is 4.99 Å². The van der Waals surface area contributed by atoms with Crippen LogP contribution in [0.25, 0.3) is 22.3 Å². The molecule has 0 radical (unpaired) electrons. The van der Waals surface area contributed by atoms with Crippen molar-refractivity contribution in [1.29, 1.82) is 0 Å². The maximum absolute atomic E-state index is 11.9. The third-order valence-electron chi connectivity index (χ3n) is 9.47. The Morgan fingerprint density at radius 3 is 2.67 bits per heavy atom. The molecule has 9 nitrogen and oxygen atoms in total. The van der Waals surface area contributed by atoms with E-state index >= 15 is 0 Å². The van der Waals surface area contributed by atoms with E-state index in [0.29, 0.717) is 18.1 Å². The van der Waals surface area contributed by atoms with Gasteiger partial charge < -0.3 is 9.80 Å². The predicted octanol–water partition coefficient (Wildman–Crippen LogP) is 5.52. The monoisotopic (exact) mass is 562 g/mol. The number of likely N-dealkylation sites (tertiary alicyclic amines) is 2. The Labute approximate surface area is 246 Å². The van der Waals surface area contributed by atoms with Gasteiger partial charge in [-0.1, -0.05) is 31.4 Å². The van der Waals surface area contributed by atoms with Gasteiger partial charge in [0.15, 0.2) is 5.65 Å². The van der Waals surface area contributed by atoms with Gasteiger partial charge in [0, 0.05) is 60.8 Å². The first kappa shape index (κ1) is 26.6. The quantitative estimate of drug-likeness (QED) is 0.369. The summed E-state index contributed by atoms with van der Waals surface area (Å²) in [7, 11) is 0. The molecule has 0 N–H and O–H groups in total. The molecular formula is C33H38N8O. The molecule has 4 aliphatic rings. The summed E-state index contributed by atoms with van der Waals surface area (Å²) in [6.45, 7) is 9.11. The fraction of sp³-hybridized carbons (Fsp3) is 0.424. The average molecular weight is 563 g/mol. The van der Waals surface area contributed by atoms with E-state index in [4.69, 9.17) is 15.2 Å². The summed E-state index contributed by atoms with van der Waals surface area (Å²) in [6, 6.07) is 3.35. The normalized spacial score (nSPS) is 23.8. The standard InChI is InChI=1S/C33H38N8O/c1-22-31(25-17-36-40(19-25)27-7-5-4-6-8-27)16-33-35-18-32(41(33)37-22)30(13-14-34-3)24-9-11-26(12-10-24)39-21-28-15-29(39)20-38(28)23(2)42/h9,11-14,16-19,27-29H,3-8,10,15,20-21H2,1-2H3/b14-13-,30-24+. The Bertz CT molecular complexity index is 1660. The number of amides is 1. The number of rotatable bonds is 6. The lowest BCUT2D eigenvalue weighted by Crippen LogP contribution is -2.47. The van der Waals surface area contributed by atoms with Crippen LogP contribution < -0.4 is 0 Å². The van der Waals surface area contributed by atoms with Gasteiger partial charge in [-0.25, -0.2) is 9.50 Å². The van der Waals surface area contributed by atoms with Gasteiger partial charge in [-0.15, -0.1) is 0 Å². The molecule has 1 saturated carbocycles. The van der Waals surface area contributed by atoms with E-state index in [-0.39, 0.29) is 5.91 Å². The topological polar surface area (TPSA) is 83.9 Å². The summed E-state index contributed by atoms with van der Waals surface area (Å²) in [4.78, 5) is 25.2. The second-order valence-corrected chi connectivity index (χ2v) is 12.0. The van der Waals surface area contributed by atoms with Crippen LogP contribution in [0.3, 0.4) is 0 Å². The van der Waals surface area contributed by atoms with Crippen molar-refractivity contribution in [1.82, 2.24) is 34.2 Å². The number of imidazole rings is 1. The van der Waals surface area contributed by atoms with Crippen molar-refractivity contribution in [2.75, 3.05) is 13.1 Å². The number of aliphatic imine (C=N–C) groups is 1. The van der Waals surface area contributed by atoms with Crippen LogP contribution in [0.2, 0.25) is 0 Å². The third-order valence-corrected chi connectivity index (χ3v) is 9.47. The first-order chi connectivity index (χ1) is 20.5. The van der Waals surface area contributed by atoms with Crippen LogP contribution in [0.15, 0.2) is 71.4 Å². The lowest BCUT2D eigenvalue weighted by molar-refractivity contribution is -0.130. The van der Waals surface area contributed by atoms with E-state index < -0.39 is 0 Å². The van der Waals surface area contributed by atoms with Crippen LogP contribution in [0.5, 0.6) is 0 Å². The van der Waals surface area contributed by atoms with Crippen LogP contribution in [-0.2, 0) is 4.79 Å². The van der Waals surface area contributed by atoms with Crippen molar-refractivity contribution in [3.8, 4) is 11.1 Å². The molecule has 2 atom stereocenters. The summed E-state index contributed by atoms with van der Waals surface area (Å²) in [6.07, 6.45) is 24.6. The SMILES string of the molecule is C=N/C=C\C(=C1\C=CC(N2CC3CC2CN3C(C)=O)=CC1)c1cnc2cc(-c3cnn(C4CCCCC4)c3)c(C)nn12. The Morgan fingerprint density at radius 2 is 1.95 bits per heavy atom. The van der Waals surface area contributed by atoms with Gasteiger partial charge in [0.2, 0.25) is 5.91 Å². The summed E-state index contributed by atoms with van der Waals surface area (Å²) < 4.78 is 4.08. The van der Waals surface area contributed by atoms with Gasteiger partial charge in [0.25, 0.3) is 0 Å². The first-order valence-corrected chi connectivity index (χ1v) is 15.2. The van der Waals surface area contributed by atoms with Crippen LogP contribution >= 0.6 is 0 Å². The number of hydrogen-bond donors (Lipinski definition) is 0. The Kier molecular flexibility index (Phi) is 6.88. The molecule has 1 amide bonds. The maximum Gasteiger partial charge on any atom is 0.219 e. The summed E-state index contributed by atoms with van der Waals surface area (Å²) >= 11 is 0. The second kappa shape index (κ2) is 10.9. The molecule has 5 heterocycles. The highest BCUT2D eigenvalue weighted by atomic mass is 16.2. The van der Waals surface area contributed by atoms with Crippen LogP contribution in [-0.4, -0.2) is 72.0 Å². The fourth-order valence-corrected chi connectivity index (χ4v) is 7.30. The van der Waals surface area contributed by atoms with Gasteiger partial charge >= 0.3 is 0 Å². The highest BCUT2D eigenvalue weighted by Gasteiger charge is 2.44. The van der Waals surface area contributed by atoms with Gasteiger partial charge in [-0.2, -0.15) is 10.2 Å². The van der Waals surface area contributed by atoms with Crippen molar-refractivity contribution in [2.45, 2.75) is 76.9 Å². The summed E-state index contributed by atoms with van der Waals surface area (Å²) in [5.41, 5.74) is 8.24. The zero-order valence-corrected chi connectivity index (χ0v) is 24.5. The highest BCUT2D eigenvalue weighted by molar-refractivity contribution is 5.79. The lowest BCUT2D eigenvalue weighted by Gasteiger charge is -2.36. The molecule has 2 aliphatic carbocycles. The van der Waals surface area contributed by atoms with E-state index in [0.717, 1.165) is 59.7 Å². The van der Waals surface area contributed by atoms with Gasteiger partial charge in [-0.3, -0.25) is 14.5 Å². The van der Waals surface area contributed by atoms with Crippen LogP contribution in [0.1, 0.15) is 69.3 Å². The van der Waals surface area contributed by atoms with Gasteiger partial charge in [0.05, 0.1) is 35.9 Å². The van der Waals surface area contributed by atoms with E-state index in [1.807, 2.05) is 27.9 Å². The minimum absolute atomic E-state index is 0.186. The Hall–Kier alpha value is -4.27. The Balaban J connectivity index is 1.16. The second-order valence-electron chi connectivity index (χ2n) is 12.0. The highest BCUT2D eigenvalue weighted by Crippen LogP contribution is 2.37. The molecule has 2 saturated heterocycles. The largest absolute Gasteiger partial charge is 0.365 e. The van der Waals surface area contributed by atoms with Crippen molar-refractivity contribution >= 4 is 23.8 Å². The summed E-state index contributed by atoms with van der Waals surface area (Å²) in [5, 5.41) is 9.72. The van der Waals surface area contributed by atoms with E-state index in [9.17, 15) is 4.79 Å². The maximum atomic E-state index is 11.9. The number of allylic oxidation sites excluding steroid dienone is 6. The molecular weight excluding hydrogens is 524 g/mol. The molecule has 3 aromatic rings. The van der Waals surface area contributed by atoms with Crippen LogP contribution in [0, 0.1) is 6.92 Å². The fourth-order valence-electron chi connectivity index (χ4n) is 7.30. The molecule has 216 valence electrons. The zero-order chi connectivity index (χ0) is 28.8. The number of carbonyl (C=O) groups excluding carboxylic acids is 1. The molecule has 7 rings (SSSR count). The van der Waals surface area contributed by atoms with Gasteiger partial charge in [0.1, 0.15) is 0 Å². The molecule has 2 unspecified atom stereocenters. The number of aromatic nitrogens is 5. The van der Waals surface area contributed by atoms with E-state index in [2.05, 4.69) is 58.7 Å². The molecule has 3 fully saturated rings. The lowest BCUT2D eigenvalue weighted by atomic mass is 9.96. The minimum atomic E-state index is 0.186. The zero-order valence-electron chi connectivity index (χ0n) is 24.5. The van der Waals surface area contributed by atoms with E-state index in [1.54, 1.807) is 13.1 Å². The number of piperazine rings is 1. The molecule has 42 heavy (non-hydrogen) atoms. The van der Waals surface area contributed by atoms with Crippen molar-refractivity contribution in [3.05, 3.63) is 77.8 Å². The molecule has 2 bridgehead atoms. The molecule has 9 heteroatoms. The Morgan fingerprint density at radius 1 is 1.10 bits per heavy atom. The number of aryl methyl sites for hydroxylation is 1. The number of hydrogen-bond acceptors (Lipinski definition) is 6. The van der Waals surface area contributed by atoms with Crippen molar-refractivity contribution in [3.63, 3.8) is 0 Å².